The van der Waals surface area contributed by atoms with Crippen molar-refractivity contribution in [2.24, 2.45) is 0 Å². The molecule has 0 fully saturated rings. The first-order valence-corrected chi connectivity index (χ1v) is 11.9. The van der Waals surface area contributed by atoms with Gasteiger partial charge in [-0.25, -0.2) is 8.42 Å². The van der Waals surface area contributed by atoms with E-state index in [0.29, 0.717) is 29.4 Å². The molecular weight excluding hydrogens is 448 g/mol. The number of hydrogen-bond donors (Lipinski definition) is 1. The molecule has 32 heavy (non-hydrogen) atoms. The third-order valence-corrected chi connectivity index (χ3v) is 6.93. The molecular formula is C24H25ClN2O4S. The van der Waals surface area contributed by atoms with Gasteiger partial charge in [-0.15, -0.1) is 0 Å². The number of aryl methyl sites for hydroxylation is 1. The SMILES string of the molecule is COc1cccc(N(CC(=O)NCCc2ccc(Cl)cc2)S(=O)(=O)c2ccc(C)cc2)c1. The van der Waals surface area contributed by atoms with E-state index in [0.717, 1.165) is 15.4 Å². The van der Waals surface area contributed by atoms with Crippen LogP contribution in [0.15, 0.2) is 77.7 Å². The number of amides is 1. The molecule has 0 unspecified atom stereocenters. The Labute approximate surface area is 193 Å². The summed E-state index contributed by atoms with van der Waals surface area (Å²) in [5, 5.41) is 3.44. The minimum absolute atomic E-state index is 0.111. The molecule has 0 spiro atoms. The second-order valence-electron chi connectivity index (χ2n) is 7.25. The van der Waals surface area contributed by atoms with Crippen LogP contribution in [0.3, 0.4) is 0 Å². The van der Waals surface area contributed by atoms with Crippen molar-refractivity contribution in [2.75, 3.05) is 24.5 Å². The molecule has 0 heterocycles. The van der Waals surface area contributed by atoms with Gasteiger partial charge in [-0.05, 0) is 55.3 Å². The largest absolute Gasteiger partial charge is 0.497 e. The molecule has 3 rings (SSSR count). The van der Waals surface area contributed by atoms with E-state index < -0.39 is 15.9 Å². The van der Waals surface area contributed by atoms with E-state index in [9.17, 15) is 13.2 Å². The van der Waals surface area contributed by atoms with Crippen molar-refractivity contribution < 1.29 is 17.9 Å². The van der Waals surface area contributed by atoms with Gasteiger partial charge in [0.05, 0.1) is 17.7 Å². The number of benzene rings is 3. The molecule has 0 radical (unpaired) electrons. The van der Waals surface area contributed by atoms with Gasteiger partial charge in [0.2, 0.25) is 5.91 Å². The van der Waals surface area contributed by atoms with Crippen molar-refractivity contribution in [3.8, 4) is 5.75 Å². The summed E-state index contributed by atoms with van der Waals surface area (Å²) in [6, 6.07) is 20.5. The topological polar surface area (TPSA) is 75.7 Å². The molecule has 1 amide bonds. The average Bonchev–Trinajstić information content (AvgIpc) is 2.79. The van der Waals surface area contributed by atoms with Gasteiger partial charge in [0, 0.05) is 17.6 Å². The van der Waals surface area contributed by atoms with E-state index >= 15 is 0 Å². The Balaban J connectivity index is 1.79. The van der Waals surface area contributed by atoms with Gasteiger partial charge >= 0.3 is 0 Å². The van der Waals surface area contributed by atoms with Crippen LogP contribution in [-0.4, -0.2) is 34.5 Å². The molecule has 168 valence electrons. The van der Waals surface area contributed by atoms with Crippen LogP contribution in [0.5, 0.6) is 5.75 Å². The number of ether oxygens (including phenoxy) is 1. The maximum absolute atomic E-state index is 13.4. The first kappa shape index (κ1) is 23.6. The van der Waals surface area contributed by atoms with Crippen molar-refractivity contribution in [3.05, 3.63) is 88.9 Å². The van der Waals surface area contributed by atoms with Crippen LogP contribution < -0.4 is 14.4 Å². The van der Waals surface area contributed by atoms with Gasteiger partial charge in [-0.2, -0.15) is 0 Å². The number of hydrogen-bond acceptors (Lipinski definition) is 4. The number of rotatable bonds is 9. The number of carbonyl (C=O) groups excluding carboxylic acids is 1. The Morgan fingerprint density at radius 1 is 1.03 bits per heavy atom. The molecule has 1 N–H and O–H groups in total. The standard InChI is InChI=1S/C24H25ClN2O4S/c1-18-6-12-23(13-7-18)32(29,30)27(21-4-3-5-22(16-21)31-2)17-24(28)26-15-14-19-8-10-20(25)11-9-19/h3-13,16H,14-15,17H2,1-2H3,(H,26,28). The summed E-state index contributed by atoms with van der Waals surface area (Å²) in [5.74, 6) is 0.0900. The minimum atomic E-state index is -3.97. The molecule has 0 aromatic heterocycles. The van der Waals surface area contributed by atoms with Crippen LogP contribution >= 0.6 is 11.6 Å². The van der Waals surface area contributed by atoms with Gasteiger partial charge in [0.1, 0.15) is 12.3 Å². The summed E-state index contributed by atoms with van der Waals surface area (Å²) < 4.78 is 33.1. The molecule has 6 nitrogen and oxygen atoms in total. The van der Waals surface area contributed by atoms with E-state index in [1.165, 1.54) is 19.2 Å². The molecule has 0 saturated heterocycles. The lowest BCUT2D eigenvalue weighted by molar-refractivity contribution is -0.119. The van der Waals surface area contributed by atoms with E-state index in [1.54, 1.807) is 48.5 Å². The Kier molecular flexibility index (Phi) is 7.77. The van der Waals surface area contributed by atoms with Gasteiger partial charge in [-0.3, -0.25) is 9.10 Å². The number of nitrogens with one attached hydrogen (secondary N) is 1. The summed E-state index contributed by atoms with van der Waals surface area (Å²) in [4.78, 5) is 12.8. The Hall–Kier alpha value is -3.03. The van der Waals surface area contributed by atoms with Crippen molar-refractivity contribution in [2.45, 2.75) is 18.2 Å². The third-order valence-electron chi connectivity index (χ3n) is 4.89. The van der Waals surface area contributed by atoms with Gasteiger partial charge < -0.3 is 10.1 Å². The van der Waals surface area contributed by atoms with Crippen molar-refractivity contribution in [3.63, 3.8) is 0 Å². The highest BCUT2D eigenvalue weighted by Crippen LogP contribution is 2.27. The van der Waals surface area contributed by atoms with Crippen molar-refractivity contribution in [1.29, 1.82) is 0 Å². The summed E-state index contributed by atoms with van der Waals surface area (Å²) in [5.41, 5.74) is 2.31. The lowest BCUT2D eigenvalue weighted by atomic mass is 10.1. The van der Waals surface area contributed by atoms with E-state index in [4.69, 9.17) is 16.3 Å². The number of anilines is 1. The van der Waals surface area contributed by atoms with Crippen LogP contribution in [0.2, 0.25) is 5.02 Å². The fourth-order valence-electron chi connectivity index (χ4n) is 3.10. The summed E-state index contributed by atoms with van der Waals surface area (Å²) >= 11 is 5.89. The highest BCUT2D eigenvalue weighted by Gasteiger charge is 2.27. The average molecular weight is 473 g/mol. The predicted molar refractivity (Wildman–Crippen MR) is 127 cm³/mol. The smallest absolute Gasteiger partial charge is 0.264 e. The Morgan fingerprint density at radius 2 is 1.72 bits per heavy atom. The van der Waals surface area contributed by atoms with Gasteiger partial charge in [0.15, 0.2) is 0 Å². The number of methoxy groups -OCH3 is 1. The molecule has 0 saturated carbocycles. The maximum atomic E-state index is 13.4. The highest BCUT2D eigenvalue weighted by molar-refractivity contribution is 7.92. The van der Waals surface area contributed by atoms with E-state index in [-0.39, 0.29) is 11.4 Å². The van der Waals surface area contributed by atoms with Crippen LogP contribution in [-0.2, 0) is 21.2 Å². The number of halogens is 1. The van der Waals surface area contributed by atoms with E-state index in [1.807, 2.05) is 19.1 Å². The van der Waals surface area contributed by atoms with Crippen LogP contribution in [0.25, 0.3) is 0 Å². The summed E-state index contributed by atoms with van der Waals surface area (Å²) in [7, 11) is -2.47. The monoisotopic (exact) mass is 472 g/mol. The molecule has 8 heteroatoms. The predicted octanol–water partition coefficient (Wildman–Crippen LogP) is 4.21. The highest BCUT2D eigenvalue weighted by atomic mass is 35.5. The fraction of sp³-hybridized carbons (Fsp3) is 0.208. The second kappa shape index (κ2) is 10.5. The normalized spacial score (nSPS) is 11.1. The first-order valence-electron chi connectivity index (χ1n) is 10.0. The van der Waals surface area contributed by atoms with E-state index in [2.05, 4.69) is 5.32 Å². The first-order chi connectivity index (χ1) is 15.3. The van der Waals surface area contributed by atoms with Crippen LogP contribution in [0.1, 0.15) is 11.1 Å². The van der Waals surface area contributed by atoms with Crippen molar-refractivity contribution in [1.82, 2.24) is 5.32 Å². The number of nitrogens with zero attached hydrogens (tertiary/aromatic N) is 1. The van der Waals surface area contributed by atoms with Crippen LogP contribution in [0, 0.1) is 6.92 Å². The molecule has 3 aromatic rings. The maximum Gasteiger partial charge on any atom is 0.264 e. The zero-order valence-corrected chi connectivity index (χ0v) is 19.5. The second-order valence-corrected chi connectivity index (χ2v) is 9.55. The number of carbonyl (C=O) groups is 1. The van der Waals surface area contributed by atoms with Gasteiger partial charge in [0.25, 0.3) is 10.0 Å². The summed E-state index contributed by atoms with van der Waals surface area (Å²) in [6.07, 6.45) is 0.604. The molecule has 0 aliphatic heterocycles. The Bertz CT molecular complexity index is 1160. The molecule has 0 bridgehead atoms. The zero-order valence-electron chi connectivity index (χ0n) is 17.9. The molecule has 0 aliphatic carbocycles. The fourth-order valence-corrected chi connectivity index (χ4v) is 4.64. The molecule has 0 atom stereocenters. The zero-order chi connectivity index (χ0) is 23.1. The minimum Gasteiger partial charge on any atom is -0.497 e. The molecule has 0 aliphatic rings. The lowest BCUT2D eigenvalue weighted by Crippen LogP contribution is -2.41. The quantitative estimate of drug-likeness (QED) is 0.506. The number of sulfonamides is 1. The van der Waals surface area contributed by atoms with Crippen molar-refractivity contribution >= 4 is 33.2 Å². The van der Waals surface area contributed by atoms with Gasteiger partial charge in [-0.1, -0.05) is 47.5 Å². The lowest BCUT2D eigenvalue weighted by Gasteiger charge is -2.24. The Morgan fingerprint density at radius 3 is 2.38 bits per heavy atom. The summed E-state index contributed by atoms with van der Waals surface area (Å²) in [6.45, 7) is 1.89. The van der Waals surface area contributed by atoms with Crippen LogP contribution in [0.4, 0.5) is 5.69 Å². The molecule has 3 aromatic carbocycles. The third kappa shape index (κ3) is 6.02.